The quantitative estimate of drug-likeness (QED) is 0.225. The monoisotopic (exact) mass is 487 g/mol. The highest BCUT2D eigenvalue weighted by Crippen LogP contribution is 2.27. The molecule has 1 fully saturated rings. The maximum atomic E-state index is 12.3. The molecule has 0 atom stereocenters. The maximum Gasteiger partial charge on any atom is 0.234 e. The van der Waals surface area contributed by atoms with Crippen molar-refractivity contribution < 1.29 is 4.79 Å². The highest BCUT2D eigenvalue weighted by Gasteiger charge is 2.19. The lowest BCUT2D eigenvalue weighted by molar-refractivity contribution is -0.122. The van der Waals surface area contributed by atoms with Crippen LogP contribution in [0.5, 0.6) is 0 Å². The molecular formula is C29H53N3OSi. The molecule has 1 aromatic rings. The van der Waals surface area contributed by atoms with E-state index in [0.29, 0.717) is 6.54 Å². The first kappa shape index (κ1) is 29.1. The molecule has 34 heavy (non-hydrogen) atoms. The van der Waals surface area contributed by atoms with Gasteiger partial charge in [-0.15, -0.1) is 0 Å². The minimum absolute atomic E-state index is 0.0457. The Kier molecular flexibility index (Phi) is 15.5. The van der Waals surface area contributed by atoms with Crippen LogP contribution >= 0.6 is 0 Å². The normalized spacial score (nSPS) is 15.7. The minimum Gasteiger partial charge on any atom is -0.355 e. The zero-order chi connectivity index (χ0) is 24.4. The van der Waals surface area contributed by atoms with Gasteiger partial charge in [0, 0.05) is 16.1 Å². The van der Waals surface area contributed by atoms with Gasteiger partial charge < -0.3 is 10.2 Å². The second-order valence-corrected chi connectivity index (χ2v) is 12.5. The number of carbonyl (C=O) groups excluding carboxylic acids is 1. The summed E-state index contributed by atoms with van der Waals surface area (Å²) in [5, 5.41) is 3.12. The van der Waals surface area contributed by atoms with Gasteiger partial charge >= 0.3 is 0 Å². The maximum absolute atomic E-state index is 12.3. The fourth-order valence-electron chi connectivity index (χ4n) is 5.07. The molecule has 0 unspecified atom stereocenters. The van der Waals surface area contributed by atoms with Crippen molar-refractivity contribution >= 4 is 15.4 Å². The first-order chi connectivity index (χ1) is 16.6. The number of piperidine rings is 1. The van der Waals surface area contributed by atoms with Crippen LogP contribution in [0, 0.1) is 5.92 Å². The molecule has 1 aliphatic heterocycles. The number of likely N-dealkylation sites (tertiary alicyclic amines) is 1. The highest BCUT2D eigenvalue weighted by molar-refractivity contribution is 6.33. The number of nitrogens with one attached hydrogen (secondary N) is 1. The summed E-state index contributed by atoms with van der Waals surface area (Å²) in [5.74, 6) is 1.73. The number of carbonyl (C=O) groups is 1. The number of hydrogen-bond donors (Lipinski definition) is 1. The van der Waals surface area contributed by atoms with Crippen LogP contribution in [0.1, 0.15) is 83.1 Å². The lowest BCUT2D eigenvalue weighted by Gasteiger charge is -2.32. The van der Waals surface area contributed by atoms with Crippen LogP contribution in [-0.2, 0) is 4.79 Å². The third-order valence-electron chi connectivity index (χ3n) is 7.28. The van der Waals surface area contributed by atoms with E-state index in [9.17, 15) is 4.79 Å². The summed E-state index contributed by atoms with van der Waals surface area (Å²) in [6, 6.07) is 12.3. The van der Waals surface area contributed by atoms with Gasteiger partial charge in [-0.05, 0) is 94.7 Å². The number of rotatable bonds is 18. The third kappa shape index (κ3) is 13.1. The molecule has 0 bridgehead atoms. The van der Waals surface area contributed by atoms with E-state index in [0.717, 1.165) is 31.5 Å². The van der Waals surface area contributed by atoms with Gasteiger partial charge in [-0.2, -0.15) is 0 Å². The molecule has 0 saturated carbocycles. The minimum atomic E-state index is 0.0457. The smallest absolute Gasteiger partial charge is 0.234 e. The summed E-state index contributed by atoms with van der Waals surface area (Å²) in [4.78, 5) is 17.4. The van der Waals surface area contributed by atoms with E-state index in [4.69, 9.17) is 0 Å². The zero-order valence-corrected chi connectivity index (χ0v) is 24.0. The van der Waals surface area contributed by atoms with Gasteiger partial charge in [0.1, 0.15) is 0 Å². The largest absolute Gasteiger partial charge is 0.355 e. The van der Waals surface area contributed by atoms with Crippen LogP contribution in [0.25, 0.3) is 0 Å². The van der Waals surface area contributed by atoms with Gasteiger partial charge in [0.05, 0.1) is 6.54 Å². The van der Waals surface area contributed by atoms with Crippen molar-refractivity contribution in [2.45, 2.75) is 90.1 Å². The van der Waals surface area contributed by atoms with Crippen molar-refractivity contribution in [3.8, 4) is 0 Å². The molecule has 0 aromatic heterocycles. The average Bonchev–Trinajstić information content (AvgIpc) is 2.84. The zero-order valence-electron chi connectivity index (χ0n) is 22.6. The molecule has 4 nitrogen and oxygen atoms in total. The van der Waals surface area contributed by atoms with Crippen LogP contribution in [-0.4, -0.2) is 71.0 Å². The molecule has 0 radical (unpaired) electrons. The van der Waals surface area contributed by atoms with Gasteiger partial charge in [-0.25, -0.2) is 0 Å². The van der Waals surface area contributed by atoms with Crippen molar-refractivity contribution in [2.24, 2.45) is 5.92 Å². The van der Waals surface area contributed by atoms with Crippen LogP contribution in [0.4, 0.5) is 0 Å². The average molecular weight is 488 g/mol. The SMILES string of the molecule is C[SiH2]CCNC(=O)CN(CCCCCCCN1CCC(c2ccccc2)CC1)CCCC(C)C. The first-order valence-electron chi connectivity index (χ1n) is 14.3. The Morgan fingerprint density at radius 2 is 1.71 bits per heavy atom. The van der Waals surface area contributed by atoms with Gasteiger partial charge in [-0.1, -0.05) is 70.0 Å². The molecule has 1 aromatic carbocycles. The number of hydrogen-bond acceptors (Lipinski definition) is 3. The van der Waals surface area contributed by atoms with Crippen molar-refractivity contribution in [3.63, 3.8) is 0 Å². The van der Waals surface area contributed by atoms with Crippen molar-refractivity contribution in [1.29, 1.82) is 0 Å². The Balaban J connectivity index is 1.54. The molecule has 1 aliphatic rings. The second kappa shape index (κ2) is 18.1. The van der Waals surface area contributed by atoms with E-state index in [1.54, 1.807) is 0 Å². The Morgan fingerprint density at radius 3 is 2.41 bits per heavy atom. The predicted octanol–water partition coefficient (Wildman–Crippen LogP) is 5.31. The molecule has 2 rings (SSSR count). The molecule has 1 saturated heterocycles. The lowest BCUT2D eigenvalue weighted by Crippen LogP contribution is -2.38. The molecular weight excluding hydrogens is 434 g/mol. The summed E-state index contributed by atoms with van der Waals surface area (Å²) in [6.07, 6.45) is 11.6. The van der Waals surface area contributed by atoms with Gasteiger partial charge in [-0.3, -0.25) is 9.69 Å². The number of amides is 1. The summed E-state index contributed by atoms with van der Waals surface area (Å²) in [7, 11) is 0.0457. The molecule has 1 amide bonds. The van der Waals surface area contributed by atoms with Gasteiger partial charge in [0.25, 0.3) is 0 Å². The Labute approximate surface area is 213 Å². The van der Waals surface area contributed by atoms with Crippen LogP contribution < -0.4 is 5.32 Å². The molecule has 1 heterocycles. The fourth-order valence-corrected chi connectivity index (χ4v) is 5.60. The molecule has 0 spiro atoms. The lowest BCUT2D eigenvalue weighted by atomic mass is 9.89. The number of benzene rings is 1. The highest BCUT2D eigenvalue weighted by atomic mass is 28.2. The van der Waals surface area contributed by atoms with E-state index in [-0.39, 0.29) is 15.4 Å². The van der Waals surface area contributed by atoms with E-state index in [2.05, 4.69) is 65.8 Å². The van der Waals surface area contributed by atoms with E-state index in [1.807, 2.05) is 0 Å². The number of nitrogens with zero attached hydrogens (tertiary/aromatic N) is 2. The molecule has 5 heteroatoms. The van der Waals surface area contributed by atoms with Crippen molar-refractivity contribution in [3.05, 3.63) is 35.9 Å². The van der Waals surface area contributed by atoms with E-state index < -0.39 is 0 Å². The summed E-state index contributed by atoms with van der Waals surface area (Å²) in [5.41, 5.74) is 1.53. The summed E-state index contributed by atoms with van der Waals surface area (Å²) >= 11 is 0. The summed E-state index contributed by atoms with van der Waals surface area (Å²) < 4.78 is 0. The Morgan fingerprint density at radius 1 is 1.03 bits per heavy atom. The Bertz CT molecular complexity index is 632. The van der Waals surface area contributed by atoms with Crippen molar-refractivity contribution in [2.75, 3.05) is 45.8 Å². The summed E-state index contributed by atoms with van der Waals surface area (Å²) in [6.45, 7) is 14.3. The molecule has 1 N–H and O–H groups in total. The van der Waals surface area contributed by atoms with Crippen LogP contribution in [0.3, 0.4) is 0 Å². The van der Waals surface area contributed by atoms with Crippen LogP contribution in [0.15, 0.2) is 30.3 Å². The first-order valence-corrected chi connectivity index (χ1v) is 16.8. The molecule has 194 valence electrons. The standard InChI is InChI=1S/C29H53N3OSi/c1-26(2)13-12-21-32(25-29(33)30-18-24-34-3)20-11-6-4-5-10-19-31-22-16-28(17-23-31)27-14-8-7-9-15-27/h7-9,14-15,26,28H,4-6,10-13,16-25,34H2,1-3H3,(H,30,33). The van der Waals surface area contributed by atoms with Gasteiger partial charge in [0.15, 0.2) is 0 Å². The predicted molar refractivity (Wildman–Crippen MR) is 151 cm³/mol. The Hall–Kier alpha value is -1.17. The van der Waals surface area contributed by atoms with Gasteiger partial charge in [0.2, 0.25) is 5.91 Å². The fraction of sp³-hybridized carbons (Fsp3) is 0.759. The van der Waals surface area contributed by atoms with E-state index in [1.165, 1.54) is 89.0 Å². The number of unbranched alkanes of at least 4 members (excludes halogenated alkanes) is 4. The van der Waals surface area contributed by atoms with Crippen LogP contribution in [0.2, 0.25) is 12.6 Å². The topological polar surface area (TPSA) is 35.6 Å². The van der Waals surface area contributed by atoms with E-state index >= 15 is 0 Å². The second-order valence-electron chi connectivity index (χ2n) is 10.8. The van der Waals surface area contributed by atoms with Crippen molar-refractivity contribution in [1.82, 2.24) is 15.1 Å². The molecule has 0 aliphatic carbocycles. The third-order valence-corrected chi connectivity index (χ3v) is 8.34.